The quantitative estimate of drug-likeness (QED) is 0.816. The molecule has 7 nitrogen and oxygen atoms in total. The predicted octanol–water partition coefficient (Wildman–Crippen LogP) is 0.207. The fourth-order valence-corrected chi connectivity index (χ4v) is 3.80. The van der Waals surface area contributed by atoms with Gasteiger partial charge in [-0.25, -0.2) is 8.42 Å². The number of aromatic nitrogens is 2. The van der Waals surface area contributed by atoms with E-state index in [2.05, 4.69) is 10.1 Å². The molecular formula is C10H14N2O5S. The van der Waals surface area contributed by atoms with Crippen LogP contribution in [0.15, 0.2) is 4.52 Å². The van der Waals surface area contributed by atoms with Crippen LogP contribution in [0.2, 0.25) is 0 Å². The Bertz CT molecular complexity index is 536. The molecule has 1 unspecified atom stereocenters. The normalized spacial score (nSPS) is 22.1. The molecule has 8 heteroatoms. The fraction of sp³-hybridized carbons (Fsp3) is 0.700. The van der Waals surface area contributed by atoms with Gasteiger partial charge in [0.1, 0.15) is 0 Å². The highest BCUT2D eigenvalue weighted by atomic mass is 32.2. The molecule has 1 saturated heterocycles. The van der Waals surface area contributed by atoms with E-state index >= 15 is 0 Å². The Morgan fingerprint density at radius 3 is 2.89 bits per heavy atom. The van der Waals surface area contributed by atoms with Crippen LogP contribution in [0.3, 0.4) is 0 Å². The average Bonchev–Trinajstić information content (AvgIpc) is 2.84. The molecule has 1 atom stereocenters. The summed E-state index contributed by atoms with van der Waals surface area (Å²) in [5.41, 5.74) is 0. The van der Waals surface area contributed by atoms with Crippen LogP contribution in [0.5, 0.6) is 0 Å². The van der Waals surface area contributed by atoms with Gasteiger partial charge in [0.25, 0.3) is 0 Å². The predicted molar refractivity (Wildman–Crippen MR) is 60.8 cm³/mol. The van der Waals surface area contributed by atoms with Gasteiger partial charge >= 0.3 is 5.97 Å². The van der Waals surface area contributed by atoms with E-state index in [0.717, 1.165) is 0 Å². The van der Waals surface area contributed by atoms with Crippen molar-refractivity contribution in [1.29, 1.82) is 0 Å². The average molecular weight is 274 g/mol. The summed E-state index contributed by atoms with van der Waals surface area (Å²) >= 11 is 0. The van der Waals surface area contributed by atoms with Gasteiger partial charge in [0.2, 0.25) is 5.89 Å². The highest BCUT2D eigenvalue weighted by Gasteiger charge is 2.32. The number of aliphatic carboxylic acids is 1. The Kier molecular flexibility index (Phi) is 3.65. The molecule has 1 fully saturated rings. The van der Waals surface area contributed by atoms with Crippen LogP contribution in [0.25, 0.3) is 0 Å². The number of hydrogen-bond donors (Lipinski definition) is 1. The summed E-state index contributed by atoms with van der Waals surface area (Å²) in [5, 5.41) is 11.7. The molecule has 100 valence electrons. The van der Waals surface area contributed by atoms with Crippen LogP contribution in [0.4, 0.5) is 0 Å². The highest BCUT2D eigenvalue weighted by Crippen LogP contribution is 2.23. The minimum Gasteiger partial charge on any atom is -0.481 e. The number of aryl methyl sites for hydroxylation is 1. The molecule has 0 amide bonds. The van der Waals surface area contributed by atoms with Gasteiger partial charge in [0.15, 0.2) is 15.7 Å². The molecule has 1 aromatic heterocycles. The van der Waals surface area contributed by atoms with Gasteiger partial charge in [0.05, 0.1) is 17.4 Å². The Morgan fingerprint density at radius 1 is 1.50 bits per heavy atom. The van der Waals surface area contributed by atoms with Gasteiger partial charge < -0.3 is 9.63 Å². The number of carboxylic acid groups (broad SMARTS) is 1. The molecule has 0 bridgehead atoms. The summed E-state index contributed by atoms with van der Waals surface area (Å²) < 4.78 is 28.2. The zero-order chi connectivity index (χ0) is 13.2. The lowest BCUT2D eigenvalue weighted by Crippen LogP contribution is -2.18. The molecule has 0 saturated carbocycles. The van der Waals surface area contributed by atoms with Crippen LogP contribution in [0, 0.1) is 0 Å². The minimum absolute atomic E-state index is 0.0687. The number of rotatable bonds is 5. The largest absolute Gasteiger partial charge is 0.481 e. The summed E-state index contributed by atoms with van der Waals surface area (Å²) in [6.07, 6.45) is 1.64. The topological polar surface area (TPSA) is 110 Å². The third-order valence-electron chi connectivity index (χ3n) is 2.94. The third kappa shape index (κ3) is 3.06. The smallest absolute Gasteiger partial charge is 0.303 e. The molecule has 0 radical (unpaired) electrons. The lowest BCUT2D eigenvalue weighted by molar-refractivity contribution is -0.137. The first-order chi connectivity index (χ1) is 8.47. The molecule has 2 rings (SSSR count). The van der Waals surface area contributed by atoms with Crippen LogP contribution in [-0.2, 0) is 27.5 Å². The van der Waals surface area contributed by atoms with Crippen molar-refractivity contribution in [1.82, 2.24) is 10.1 Å². The molecule has 0 aliphatic carbocycles. The van der Waals surface area contributed by atoms with Gasteiger partial charge in [0, 0.05) is 12.8 Å². The molecular weight excluding hydrogens is 260 g/mol. The summed E-state index contributed by atoms with van der Waals surface area (Å²) in [4.78, 5) is 14.4. The minimum atomic E-state index is -3.02. The molecule has 1 aliphatic heterocycles. The second kappa shape index (κ2) is 5.05. The van der Waals surface area contributed by atoms with Crippen molar-refractivity contribution in [3.63, 3.8) is 0 Å². The van der Waals surface area contributed by atoms with Crippen molar-refractivity contribution >= 4 is 15.8 Å². The maximum atomic E-state index is 11.6. The Morgan fingerprint density at radius 2 is 2.28 bits per heavy atom. The van der Waals surface area contributed by atoms with E-state index in [-0.39, 0.29) is 30.9 Å². The summed E-state index contributed by atoms with van der Waals surface area (Å²) in [5.74, 6) is -0.133. The van der Waals surface area contributed by atoms with Crippen molar-refractivity contribution in [2.45, 2.75) is 37.4 Å². The monoisotopic (exact) mass is 274 g/mol. The molecule has 2 heterocycles. The second-order valence-electron chi connectivity index (χ2n) is 4.33. The maximum Gasteiger partial charge on any atom is 0.303 e. The van der Waals surface area contributed by atoms with Gasteiger partial charge in [-0.15, -0.1) is 0 Å². The van der Waals surface area contributed by atoms with E-state index < -0.39 is 21.1 Å². The number of hydrogen-bond acceptors (Lipinski definition) is 6. The van der Waals surface area contributed by atoms with E-state index in [9.17, 15) is 13.2 Å². The maximum absolute atomic E-state index is 11.6. The zero-order valence-electron chi connectivity index (χ0n) is 9.70. The van der Waals surface area contributed by atoms with Crippen molar-refractivity contribution < 1.29 is 22.8 Å². The van der Waals surface area contributed by atoms with E-state index in [0.29, 0.717) is 18.7 Å². The fourth-order valence-electron chi connectivity index (χ4n) is 1.98. The lowest BCUT2D eigenvalue weighted by atomic mass is 10.2. The molecule has 0 spiro atoms. The molecule has 1 aliphatic rings. The first-order valence-corrected chi connectivity index (χ1v) is 7.44. The first kappa shape index (κ1) is 13.0. The van der Waals surface area contributed by atoms with Crippen LogP contribution < -0.4 is 0 Å². The van der Waals surface area contributed by atoms with E-state index in [4.69, 9.17) is 9.63 Å². The van der Waals surface area contributed by atoms with Gasteiger partial charge in [-0.1, -0.05) is 5.16 Å². The first-order valence-electron chi connectivity index (χ1n) is 5.72. The van der Waals surface area contributed by atoms with Crippen molar-refractivity contribution in [2.24, 2.45) is 0 Å². The van der Waals surface area contributed by atoms with E-state index in [1.165, 1.54) is 0 Å². The Labute approximate surface area is 104 Å². The highest BCUT2D eigenvalue weighted by molar-refractivity contribution is 7.92. The lowest BCUT2D eigenvalue weighted by Gasteiger charge is -2.04. The Balaban J connectivity index is 1.96. The van der Waals surface area contributed by atoms with Gasteiger partial charge in [-0.3, -0.25) is 4.79 Å². The number of carboxylic acids is 1. The summed E-state index contributed by atoms with van der Waals surface area (Å²) in [6.45, 7) is 0. The molecule has 1 aromatic rings. The SMILES string of the molecule is O=C(O)CCc1noc(CC2CCCS2(=O)=O)n1. The standard InChI is InChI=1S/C10H14N2O5S/c13-10(14)4-3-8-11-9(17-12-8)6-7-2-1-5-18(7,15)16/h7H,1-6H2,(H,13,14). The number of nitrogens with zero attached hydrogens (tertiary/aromatic N) is 2. The van der Waals surface area contributed by atoms with Crippen LogP contribution in [-0.4, -0.2) is 40.6 Å². The Hall–Kier alpha value is -1.44. The zero-order valence-corrected chi connectivity index (χ0v) is 10.5. The van der Waals surface area contributed by atoms with Gasteiger partial charge in [-0.2, -0.15) is 4.98 Å². The van der Waals surface area contributed by atoms with Crippen LogP contribution >= 0.6 is 0 Å². The molecule has 1 N–H and O–H groups in total. The summed E-state index contributed by atoms with van der Waals surface area (Å²) in [6, 6.07) is 0. The van der Waals surface area contributed by atoms with Crippen molar-refractivity contribution in [3.8, 4) is 0 Å². The van der Waals surface area contributed by atoms with Crippen molar-refractivity contribution in [2.75, 3.05) is 5.75 Å². The van der Waals surface area contributed by atoms with Crippen molar-refractivity contribution in [3.05, 3.63) is 11.7 Å². The summed E-state index contributed by atoms with van der Waals surface area (Å²) in [7, 11) is -3.02. The number of sulfone groups is 1. The van der Waals surface area contributed by atoms with Crippen LogP contribution in [0.1, 0.15) is 31.0 Å². The number of carbonyl (C=O) groups is 1. The second-order valence-corrected chi connectivity index (χ2v) is 6.73. The van der Waals surface area contributed by atoms with E-state index in [1.54, 1.807) is 0 Å². The van der Waals surface area contributed by atoms with Gasteiger partial charge in [-0.05, 0) is 12.8 Å². The third-order valence-corrected chi connectivity index (χ3v) is 5.21. The van der Waals surface area contributed by atoms with E-state index in [1.807, 2.05) is 0 Å². The molecule has 0 aromatic carbocycles. The molecule has 18 heavy (non-hydrogen) atoms.